The predicted octanol–water partition coefficient (Wildman–Crippen LogP) is 4.86. The van der Waals surface area contributed by atoms with E-state index < -0.39 is 17.6 Å². The van der Waals surface area contributed by atoms with Crippen LogP contribution < -0.4 is 4.90 Å². The molecule has 1 heterocycles. The summed E-state index contributed by atoms with van der Waals surface area (Å²) in [5.74, 6) is -2.42. The van der Waals surface area contributed by atoms with E-state index in [0.717, 1.165) is 18.9 Å². The molecule has 0 bridgehead atoms. The van der Waals surface area contributed by atoms with Crippen molar-refractivity contribution in [1.29, 1.82) is 0 Å². The molecule has 0 saturated heterocycles. The van der Waals surface area contributed by atoms with E-state index in [0.29, 0.717) is 22.3 Å². The number of para-hydroxylation sites is 1. The summed E-state index contributed by atoms with van der Waals surface area (Å²) in [5.41, 5.74) is 1.93. The molecule has 26 heavy (non-hydrogen) atoms. The predicted molar refractivity (Wildman–Crippen MR) is 95.1 cm³/mol. The van der Waals surface area contributed by atoms with E-state index in [4.69, 9.17) is 0 Å². The zero-order valence-electron chi connectivity index (χ0n) is 14.0. The van der Waals surface area contributed by atoms with Crippen LogP contribution in [0.1, 0.15) is 34.8 Å². The molecular weight excluding hydrogens is 338 g/mol. The highest BCUT2D eigenvalue weighted by molar-refractivity contribution is 6.07. The molecule has 1 aliphatic rings. The molecule has 6 heteroatoms. The molecule has 0 radical (unpaired) electrons. The van der Waals surface area contributed by atoms with Crippen molar-refractivity contribution in [3.63, 3.8) is 0 Å². The van der Waals surface area contributed by atoms with Gasteiger partial charge in [0.2, 0.25) is 0 Å². The Morgan fingerprint density at radius 3 is 2.42 bits per heavy atom. The van der Waals surface area contributed by atoms with Crippen molar-refractivity contribution < 1.29 is 18.7 Å². The first-order valence-corrected chi connectivity index (χ1v) is 8.31. The Kier molecular flexibility index (Phi) is 3.83. The average Bonchev–Trinajstić information content (AvgIpc) is 3.43. The van der Waals surface area contributed by atoms with E-state index in [1.165, 1.54) is 17.0 Å². The first kappa shape index (κ1) is 16.4. The molecule has 3 aromatic rings. The van der Waals surface area contributed by atoms with E-state index in [1.54, 1.807) is 19.2 Å². The first-order valence-electron chi connectivity index (χ1n) is 8.31. The van der Waals surface area contributed by atoms with Gasteiger partial charge < -0.3 is 10.0 Å². The topological polar surface area (TPSA) is 53.4 Å². The number of hydrogen-bond acceptors (Lipinski definition) is 3. The van der Waals surface area contributed by atoms with Gasteiger partial charge in [0.25, 0.3) is 0 Å². The second-order valence-corrected chi connectivity index (χ2v) is 6.50. The number of aromatic carboxylic acids is 1. The second-order valence-electron chi connectivity index (χ2n) is 6.50. The zero-order chi connectivity index (χ0) is 18.4. The quantitative estimate of drug-likeness (QED) is 0.727. The van der Waals surface area contributed by atoms with Gasteiger partial charge in [-0.1, -0.05) is 18.2 Å². The number of nitrogens with zero attached hydrogens (tertiary/aromatic N) is 2. The Hall–Kier alpha value is -3.02. The Balaban J connectivity index is 2.03. The molecule has 0 aliphatic heterocycles. The van der Waals surface area contributed by atoms with Crippen molar-refractivity contribution in [3.8, 4) is 0 Å². The van der Waals surface area contributed by atoms with Crippen LogP contribution in [0.2, 0.25) is 0 Å². The number of pyridine rings is 1. The second kappa shape index (κ2) is 6.05. The SMILES string of the molecule is CN(c1cc(F)cc(F)c1)c1c(C(=O)O)c(C2CC2)nc2ccccc12. The van der Waals surface area contributed by atoms with Gasteiger partial charge in [-0.3, -0.25) is 4.98 Å². The molecule has 0 amide bonds. The number of carboxylic acid groups (broad SMARTS) is 1. The first-order chi connectivity index (χ1) is 12.5. The lowest BCUT2D eigenvalue weighted by Crippen LogP contribution is -2.18. The van der Waals surface area contributed by atoms with Crippen LogP contribution >= 0.6 is 0 Å². The lowest BCUT2D eigenvalue weighted by atomic mass is 10.0. The van der Waals surface area contributed by atoms with Crippen molar-refractivity contribution in [3.05, 3.63) is 65.4 Å². The normalized spacial score (nSPS) is 13.8. The molecule has 1 N–H and O–H groups in total. The minimum atomic E-state index is -1.09. The van der Waals surface area contributed by atoms with Gasteiger partial charge in [0.1, 0.15) is 17.2 Å². The van der Waals surface area contributed by atoms with Gasteiger partial charge in [0.05, 0.1) is 16.9 Å². The number of halogens is 2. The fraction of sp³-hybridized carbons (Fsp3) is 0.200. The highest BCUT2D eigenvalue weighted by atomic mass is 19.1. The summed E-state index contributed by atoms with van der Waals surface area (Å²) in [6.45, 7) is 0. The lowest BCUT2D eigenvalue weighted by Gasteiger charge is -2.25. The average molecular weight is 354 g/mol. The zero-order valence-corrected chi connectivity index (χ0v) is 14.0. The summed E-state index contributed by atoms with van der Waals surface area (Å²) in [6.07, 6.45) is 1.78. The van der Waals surface area contributed by atoms with Gasteiger partial charge in [-0.15, -0.1) is 0 Å². The van der Waals surface area contributed by atoms with Crippen LogP contribution in [0.15, 0.2) is 42.5 Å². The number of carboxylic acids is 1. The molecule has 0 unspecified atom stereocenters. The molecule has 0 atom stereocenters. The van der Waals surface area contributed by atoms with Crippen LogP contribution in [0, 0.1) is 11.6 Å². The van der Waals surface area contributed by atoms with Gasteiger partial charge in [0.15, 0.2) is 0 Å². The molecule has 1 fully saturated rings. The Bertz CT molecular complexity index is 1010. The fourth-order valence-electron chi connectivity index (χ4n) is 3.29. The van der Waals surface area contributed by atoms with Crippen molar-refractivity contribution in [2.75, 3.05) is 11.9 Å². The molecule has 1 aliphatic carbocycles. The summed E-state index contributed by atoms with van der Waals surface area (Å²) in [7, 11) is 1.61. The summed E-state index contributed by atoms with van der Waals surface area (Å²) in [6, 6.07) is 10.4. The Labute approximate surface area is 148 Å². The monoisotopic (exact) mass is 354 g/mol. The summed E-state index contributed by atoms with van der Waals surface area (Å²) in [5, 5.41) is 10.5. The highest BCUT2D eigenvalue weighted by Crippen LogP contribution is 2.45. The van der Waals surface area contributed by atoms with Crippen LogP contribution in [-0.4, -0.2) is 23.1 Å². The molecule has 0 spiro atoms. The summed E-state index contributed by atoms with van der Waals surface area (Å²) in [4.78, 5) is 18.2. The Morgan fingerprint density at radius 1 is 1.15 bits per heavy atom. The van der Waals surface area contributed by atoms with E-state index in [2.05, 4.69) is 4.98 Å². The smallest absolute Gasteiger partial charge is 0.339 e. The van der Waals surface area contributed by atoms with Gasteiger partial charge in [-0.2, -0.15) is 0 Å². The summed E-state index contributed by atoms with van der Waals surface area (Å²) >= 11 is 0. The maximum Gasteiger partial charge on any atom is 0.339 e. The fourth-order valence-corrected chi connectivity index (χ4v) is 3.29. The van der Waals surface area contributed by atoms with Gasteiger partial charge in [-0.05, 0) is 31.0 Å². The van der Waals surface area contributed by atoms with Gasteiger partial charge in [-0.25, -0.2) is 13.6 Å². The number of anilines is 2. The number of carbonyl (C=O) groups is 1. The number of aromatic nitrogens is 1. The molecule has 1 aromatic heterocycles. The van der Waals surface area contributed by atoms with Gasteiger partial charge in [0, 0.05) is 30.1 Å². The van der Waals surface area contributed by atoms with Crippen LogP contribution in [0.5, 0.6) is 0 Å². The Morgan fingerprint density at radius 2 is 1.81 bits per heavy atom. The molecule has 2 aromatic carbocycles. The van der Waals surface area contributed by atoms with Crippen LogP contribution in [0.3, 0.4) is 0 Å². The van der Waals surface area contributed by atoms with E-state index in [9.17, 15) is 18.7 Å². The number of benzene rings is 2. The number of hydrogen-bond donors (Lipinski definition) is 1. The third-order valence-corrected chi connectivity index (χ3v) is 4.64. The molecule has 4 rings (SSSR count). The minimum absolute atomic E-state index is 0.0957. The third-order valence-electron chi connectivity index (χ3n) is 4.64. The maximum absolute atomic E-state index is 13.7. The van der Waals surface area contributed by atoms with Crippen molar-refractivity contribution in [2.45, 2.75) is 18.8 Å². The van der Waals surface area contributed by atoms with Crippen LogP contribution in [0.4, 0.5) is 20.2 Å². The number of rotatable bonds is 4. The van der Waals surface area contributed by atoms with E-state index >= 15 is 0 Å². The van der Waals surface area contributed by atoms with E-state index in [-0.39, 0.29) is 17.2 Å². The lowest BCUT2D eigenvalue weighted by molar-refractivity contribution is 0.0696. The number of fused-ring (bicyclic) bond motifs is 1. The highest BCUT2D eigenvalue weighted by Gasteiger charge is 2.33. The standard InChI is InChI=1S/C20H16F2N2O2/c1-24(14-9-12(21)8-13(22)10-14)19-15-4-2-3-5-16(15)23-18(11-6-7-11)17(19)20(25)26/h2-5,8-11H,6-7H2,1H3,(H,25,26). The van der Waals surface area contributed by atoms with Crippen molar-refractivity contribution in [1.82, 2.24) is 4.98 Å². The third kappa shape index (κ3) is 2.77. The van der Waals surface area contributed by atoms with Crippen LogP contribution in [-0.2, 0) is 0 Å². The molecular formula is C20H16F2N2O2. The van der Waals surface area contributed by atoms with E-state index in [1.807, 2.05) is 12.1 Å². The minimum Gasteiger partial charge on any atom is -0.478 e. The van der Waals surface area contributed by atoms with Crippen molar-refractivity contribution in [2.24, 2.45) is 0 Å². The molecule has 132 valence electrons. The summed E-state index contributed by atoms with van der Waals surface area (Å²) < 4.78 is 27.4. The van der Waals surface area contributed by atoms with Gasteiger partial charge >= 0.3 is 5.97 Å². The van der Waals surface area contributed by atoms with Crippen LogP contribution in [0.25, 0.3) is 10.9 Å². The molecule has 4 nitrogen and oxygen atoms in total. The maximum atomic E-state index is 13.7. The molecule has 1 saturated carbocycles. The largest absolute Gasteiger partial charge is 0.478 e. The van der Waals surface area contributed by atoms with Crippen molar-refractivity contribution >= 4 is 28.2 Å².